The molecule has 0 saturated carbocycles. The summed E-state index contributed by atoms with van der Waals surface area (Å²) in [5.74, 6) is -0.389. The maximum Gasteiger partial charge on any atom is 0.416 e. The zero-order chi connectivity index (χ0) is 22.2. The zero-order valence-corrected chi connectivity index (χ0v) is 18.3. The molecule has 0 aliphatic carbocycles. The quantitative estimate of drug-likeness (QED) is 0.591. The Balaban J connectivity index is 2.55. The molecule has 0 radical (unpaired) electrons. The van der Waals surface area contributed by atoms with Gasteiger partial charge in [0.1, 0.15) is 12.4 Å². The van der Waals surface area contributed by atoms with E-state index in [1.165, 1.54) is 6.08 Å². The predicted molar refractivity (Wildman–Crippen MR) is 110 cm³/mol. The number of hydrogen-bond acceptors (Lipinski definition) is 4. The molecule has 2 rings (SSSR count). The van der Waals surface area contributed by atoms with Gasteiger partial charge < -0.3 is 8.92 Å². The molecule has 9 heteroatoms. The molecule has 0 N–H and O–H groups in total. The Labute approximate surface area is 171 Å². The Kier molecular flexibility index (Phi) is 6.44. The molecular formula is C20H27F3N2O3S. The number of amides is 1. The second kappa shape index (κ2) is 8.02. The third kappa shape index (κ3) is 4.78. The SMILES string of the molecule is C=CCOC1=C(C)C(=O)N(c2cc(C(F)(F)F)ccn2)C1OS(C)(C)C(C)(C)C. The van der Waals surface area contributed by atoms with Crippen molar-refractivity contribution in [1.82, 2.24) is 4.98 Å². The van der Waals surface area contributed by atoms with Gasteiger partial charge in [-0.05, 0) is 31.6 Å². The summed E-state index contributed by atoms with van der Waals surface area (Å²) >= 11 is 0. The monoisotopic (exact) mass is 432 g/mol. The third-order valence-corrected chi connectivity index (χ3v) is 8.46. The summed E-state index contributed by atoms with van der Waals surface area (Å²) < 4.78 is 51.4. The van der Waals surface area contributed by atoms with Crippen LogP contribution in [0.25, 0.3) is 0 Å². The number of carbonyl (C=O) groups is 1. The van der Waals surface area contributed by atoms with Gasteiger partial charge in [-0.25, -0.2) is 4.98 Å². The molecule has 0 saturated heterocycles. The minimum absolute atomic E-state index is 0.134. The number of alkyl halides is 3. The number of anilines is 1. The van der Waals surface area contributed by atoms with Gasteiger partial charge in [-0.1, -0.05) is 33.4 Å². The van der Waals surface area contributed by atoms with Gasteiger partial charge in [-0.15, -0.1) is 10.3 Å². The molecule has 0 aromatic carbocycles. The average molecular weight is 433 g/mol. The van der Waals surface area contributed by atoms with Crippen molar-refractivity contribution in [2.24, 2.45) is 0 Å². The fourth-order valence-electron chi connectivity index (χ4n) is 2.43. The van der Waals surface area contributed by atoms with Gasteiger partial charge in [0.15, 0.2) is 5.76 Å². The maximum absolute atomic E-state index is 13.2. The number of pyridine rings is 1. The summed E-state index contributed by atoms with van der Waals surface area (Å²) in [5, 5.41) is 0. The minimum Gasteiger partial charge on any atom is -0.489 e. The highest BCUT2D eigenvalue weighted by molar-refractivity contribution is 8.29. The van der Waals surface area contributed by atoms with Crippen LogP contribution in [0.1, 0.15) is 33.3 Å². The van der Waals surface area contributed by atoms with Crippen molar-refractivity contribution in [3.63, 3.8) is 0 Å². The molecule has 162 valence electrons. The molecule has 0 spiro atoms. The van der Waals surface area contributed by atoms with Crippen LogP contribution in [0.2, 0.25) is 0 Å². The predicted octanol–water partition coefficient (Wildman–Crippen LogP) is 5.04. The zero-order valence-electron chi connectivity index (χ0n) is 17.5. The lowest BCUT2D eigenvalue weighted by atomic mass is 10.2. The van der Waals surface area contributed by atoms with Crippen LogP contribution < -0.4 is 4.90 Å². The lowest BCUT2D eigenvalue weighted by molar-refractivity contribution is -0.137. The van der Waals surface area contributed by atoms with Gasteiger partial charge in [-0.3, -0.25) is 9.69 Å². The van der Waals surface area contributed by atoms with E-state index < -0.39 is 34.2 Å². The van der Waals surface area contributed by atoms with Gasteiger partial charge in [-0.2, -0.15) is 13.2 Å². The van der Waals surface area contributed by atoms with Gasteiger partial charge in [0.25, 0.3) is 5.91 Å². The van der Waals surface area contributed by atoms with Gasteiger partial charge in [0, 0.05) is 10.9 Å². The molecule has 0 fully saturated rings. The molecule has 1 aliphatic heterocycles. The third-order valence-electron chi connectivity index (χ3n) is 4.85. The molecule has 1 amide bonds. The van der Waals surface area contributed by atoms with E-state index in [2.05, 4.69) is 11.6 Å². The first kappa shape index (κ1) is 23.3. The highest BCUT2D eigenvalue weighted by Gasteiger charge is 2.46. The van der Waals surface area contributed by atoms with Crippen molar-refractivity contribution < 1.29 is 26.9 Å². The van der Waals surface area contributed by atoms with Crippen molar-refractivity contribution in [2.45, 2.75) is 44.8 Å². The average Bonchev–Trinajstić information content (AvgIpc) is 2.81. The first-order valence-electron chi connectivity index (χ1n) is 8.93. The molecule has 1 aliphatic rings. The van der Waals surface area contributed by atoms with E-state index in [0.29, 0.717) is 0 Å². The van der Waals surface area contributed by atoms with Crippen molar-refractivity contribution in [3.05, 3.63) is 47.9 Å². The van der Waals surface area contributed by atoms with E-state index >= 15 is 0 Å². The van der Waals surface area contributed by atoms with E-state index in [4.69, 9.17) is 8.92 Å². The Morgan fingerprint density at radius 1 is 1.31 bits per heavy atom. The largest absolute Gasteiger partial charge is 0.489 e. The summed E-state index contributed by atoms with van der Waals surface area (Å²) in [5.41, 5.74) is -0.630. The molecule has 1 aromatic heterocycles. The number of hydrogen-bond donors (Lipinski definition) is 0. The van der Waals surface area contributed by atoms with Crippen LogP contribution in [0.5, 0.6) is 0 Å². The van der Waals surface area contributed by atoms with E-state index in [1.807, 2.05) is 33.3 Å². The molecule has 2 heterocycles. The van der Waals surface area contributed by atoms with Crippen LogP contribution in [0.15, 0.2) is 42.3 Å². The van der Waals surface area contributed by atoms with E-state index in [9.17, 15) is 18.0 Å². The number of nitrogens with zero attached hydrogens (tertiary/aromatic N) is 2. The van der Waals surface area contributed by atoms with Crippen LogP contribution in [0.3, 0.4) is 0 Å². The molecular weight excluding hydrogens is 405 g/mol. The summed E-state index contributed by atoms with van der Waals surface area (Å²) in [6.45, 7) is 11.3. The molecule has 1 atom stereocenters. The highest BCUT2D eigenvalue weighted by Crippen LogP contribution is 2.56. The topological polar surface area (TPSA) is 51.7 Å². The van der Waals surface area contributed by atoms with Crippen molar-refractivity contribution in [1.29, 1.82) is 0 Å². The van der Waals surface area contributed by atoms with Gasteiger partial charge >= 0.3 is 6.18 Å². The lowest BCUT2D eigenvalue weighted by Gasteiger charge is -2.46. The molecule has 1 unspecified atom stereocenters. The first-order chi connectivity index (χ1) is 13.2. The highest BCUT2D eigenvalue weighted by atomic mass is 32.3. The second-order valence-corrected chi connectivity index (χ2v) is 11.8. The van der Waals surface area contributed by atoms with Crippen LogP contribution in [0.4, 0.5) is 19.0 Å². The summed E-state index contributed by atoms with van der Waals surface area (Å²) in [4.78, 5) is 18.1. The molecule has 1 aromatic rings. The van der Waals surface area contributed by atoms with Crippen molar-refractivity contribution in [2.75, 3.05) is 24.0 Å². The summed E-state index contributed by atoms with van der Waals surface area (Å²) in [6, 6.07) is 1.71. The van der Waals surface area contributed by atoms with Crippen molar-refractivity contribution >= 4 is 22.0 Å². The Bertz CT molecular complexity index is 829. The number of aromatic nitrogens is 1. The molecule has 0 bridgehead atoms. The Hall–Kier alpha value is -2.00. The number of ether oxygens (including phenoxy) is 1. The maximum atomic E-state index is 13.2. The van der Waals surface area contributed by atoms with E-state index in [0.717, 1.165) is 23.2 Å². The van der Waals surface area contributed by atoms with E-state index in [1.54, 1.807) is 6.92 Å². The Morgan fingerprint density at radius 3 is 2.45 bits per heavy atom. The standard InChI is InChI=1S/C20H27F3N2O3S/c1-8-11-27-16-13(2)17(26)25(18(16)28-29(6,7)19(3,4)5)15-12-14(9-10-24-15)20(21,22)23/h8-10,12,18H,1,11H2,2-7H3. The number of carbonyl (C=O) groups excluding carboxylic acids is 1. The first-order valence-corrected chi connectivity index (χ1v) is 11.3. The number of halogens is 3. The van der Waals surface area contributed by atoms with Crippen LogP contribution in [0, 0.1) is 0 Å². The molecule has 5 nitrogen and oxygen atoms in total. The van der Waals surface area contributed by atoms with Gasteiger partial charge in [0.05, 0.1) is 11.1 Å². The smallest absolute Gasteiger partial charge is 0.416 e. The summed E-state index contributed by atoms with van der Waals surface area (Å²) in [6.07, 6.45) is 0.860. The fraction of sp³-hybridized carbons (Fsp3) is 0.500. The van der Waals surface area contributed by atoms with Gasteiger partial charge in [0.2, 0.25) is 6.23 Å². The van der Waals surface area contributed by atoms with Crippen LogP contribution >= 0.6 is 10.3 Å². The van der Waals surface area contributed by atoms with E-state index in [-0.39, 0.29) is 28.5 Å². The second-order valence-electron chi connectivity index (χ2n) is 7.96. The Morgan fingerprint density at radius 2 is 1.93 bits per heavy atom. The lowest BCUT2D eigenvalue weighted by Crippen LogP contribution is -2.41. The minimum atomic E-state index is -4.56. The fourth-order valence-corrected chi connectivity index (χ4v) is 3.35. The summed E-state index contributed by atoms with van der Waals surface area (Å²) in [7, 11) is -1.75. The number of rotatable bonds is 6. The van der Waals surface area contributed by atoms with Crippen LogP contribution in [-0.2, 0) is 19.9 Å². The van der Waals surface area contributed by atoms with Crippen molar-refractivity contribution in [3.8, 4) is 0 Å². The normalized spacial score (nSPS) is 19.0. The van der Waals surface area contributed by atoms with Crippen LogP contribution in [-0.4, -0.2) is 41.0 Å². The molecule has 29 heavy (non-hydrogen) atoms.